The molecule has 0 unspecified atom stereocenters. The van der Waals surface area contributed by atoms with Gasteiger partial charge in [0.15, 0.2) is 0 Å². The average Bonchev–Trinajstić information content (AvgIpc) is 2.92. The first-order chi connectivity index (χ1) is 9.24. The summed E-state index contributed by atoms with van der Waals surface area (Å²) >= 11 is 0. The van der Waals surface area contributed by atoms with Crippen molar-refractivity contribution in [3.63, 3.8) is 0 Å². The topological polar surface area (TPSA) is 56.2 Å². The number of esters is 1. The van der Waals surface area contributed by atoms with Crippen LogP contribution in [-0.2, 0) is 11.3 Å². The maximum Gasteiger partial charge on any atom is 0.339 e. The summed E-state index contributed by atoms with van der Waals surface area (Å²) in [5.74, 6) is -0.357. The monoisotopic (exact) mass is 257 g/mol. The van der Waals surface area contributed by atoms with Crippen LogP contribution >= 0.6 is 0 Å². The number of rotatable bonds is 5. The van der Waals surface area contributed by atoms with Gasteiger partial charge in [0, 0.05) is 30.2 Å². The van der Waals surface area contributed by atoms with Crippen LogP contribution in [-0.4, -0.2) is 22.9 Å². The molecule has 0 aliphatic carbocycles. The summed E-state index contributed by atoms with van der Waals surface area (Å²) in [4.78, 5) is 11.6. The second-order valence-corrected chi connectivity index (χ2v) is 3.90. The predicted molar refractivity (Wildman–Crippen MR) is 73.7 cm³/mol. The van der Waals surface area contributed by atoms with Gasteiger partial charge < -0.3 is 10.1 Å². The third-order valence-corrected chi connectivity index (χ3v) is 2.66. The molecule has 0 aliphatic rings. The van der Waals surface area contributed by atoms with Crippen LogP contribution in [0.15, 0.2) is 43.2 Å². The Balaban J connectivity index is 2.10. The molecule has 98 valence electrons. The van der Waals surface area contributed by atoms with Gasteiger partial charge in [-0.2, -0.15) is 5.10 Å². The highest BCUT2D eigenvalue weighted by molar-refractivity contribution is 5.95. The van der Waals surface area contributed by atoms with Gasteiger partial charge in [-0.3, -0.25) is 0 Å². The number of carbonyl (C=O) groups is 1. The van der Waals surface area contributed by atoms with Crippen molar-refractivity contribution in [3.8, 4) is 0 Å². The minimum Gasteiger partial charge on any atom is -0.465 e. The molecule has 0 radical (unpaired) electrons. The first-order valence-corrected chi connectivity index (χ1v) is 5.81. The fourth-order valence-electron chi connectivity index (χ4n) is 1.69. The molecule has 0 saturated heterocycles. The molecular formula is C14H15N3O2. The molecule has 0 fully saturated rings. The van der Waals surface area contributed by atoms with E-state index in [0.29, 0.717) is 12.1 Å². The van der Waals surface area contributed by atoms with Crippen LogP contribution in [0.25, 0.3) is 6.20 Å². The van der Waals surface area contributed by atoms with Crippen LogP contribution < -0.4 is 5.32 Å². The van der Waals surface area contributed by atoms with Gasteiger partial charge in [-0.25, -0.2) is 9.48 Å². The lowest BCUT2D eigenvalue weighted by atomic mass is 10.1. The quantitative estimate of drug-likeness (QED) is 0.835. The van der Waals surface area contributed by atoms with Gasteiger partial charge in [0.2, 0.25) is 0 Å². The van der Waals surface area contributed by atoms with Crippen LogP contribution in [0.4, 0.5) is 5.69 Å². The Kier molecular flexibility index (Phi) is 3.97. The van der Waals surface area contributed by atoms with E-state index < -0.39 is 0 Å². The number of hydrogen-bond donors (Lipinski definition) is 1. The van der Waals surface area contributed by atoms with Crippen molar-refractivity contribution in [3.05, 3.63) is 54.4 Å². The van der Waals surface area contributed by atoms with Crippen molar-refractivity contribution in [1.82, 2.24) is 9.78 Å². The summed E-state index contributed by atoms with van der Waals surface area (Å²) in [6.07, 6.45) is 5.22. The Morgan fingerprint density at radius 2 is 2.32 bits per heavy atom. The Bertz CT molecular complexity index is 590. The van der Waals surface area contributed by atoms with E-state index in [4.69, 9.17) is 4.74 Å². The number of aromatic nitrogens is 2. The number of ether oxygens (including phenoxy) is 1. The third kappa shape index (κ3) is 3.01. The Morgan fingerprint density at radius 3 is 3.00 bits per heavy atom. The van der Waals surface area contributed by atoms with E-state index in [1.54, 1.807) is 29.2 Å². The summed E-state index contributed by atoms with van der Waals surface area (Å²) in [6, 6.07) is 7.22. The molecule has 0 amide bonds. The van der Waals surface area contributed by atoms with Gasteiger partial charge in [-0.15, -0.1) is 0 Å². The highest BCUT2D eigenvalue weighted by atomic mass is 16.5. The molecule has 1 N–H and O–H groups in total. The van der Waals surface area contributed by atoms with Crippen LogP contribution in [0, 0.1) is 0 Å². The molecule has 1 aromatic carbocycles. The molecule has 1 heterocycles. The van der Waals surface area contributed by atoms with E-state index in [2.05, 4.69) is 17.0 Å². The second kappa shape index (κ2) is 5.86. The van der Waals surface area contributed by atoms with Crippen molar-refractivity contribution < 1.29 is 9.53 Å². The number of anilines is 1. The minimum atomic E-state index is -0.357. The molecule has 0 bridgehead atoms. The lowest BCUT2D eigenvalue weighted by Gasteiger charge is -2.09. The number of nitrogens with one attached hydrogen (secondary N) is 1. The molecule has 5 nitrogen and oxygen atoms in total. The van der Waals surface area contributed by atoms with Gasteiger partial charge in [-0.05, 0) is 12.1 Å². The molecular weight excluding hydrogens is 242 g/mol. The van der Waals surface area contributed by atoms with E-state index in [0.717, 1.165) is 11.3 Å². The number of para-hydroxylation sites is 1. The minimum absolute atomic E-state index is 0.357. The van der Waals surface area contributed by atoms with E-state index in [9.17, 15) is 4.79 Å². The zero-order valence-electron chi connectivity index (χ0n) is 10.7. The molecule has 2 rings (SSSR count). The van der Waals surface area contributed by atoms with Gasteiger partial charge in [0.1, 0.15) is 0 Å². The fraction of sp³-hybridized carbons (Fsp3) is 0.143. The maximum atomic E-state index is 11.6. The molecule has 0 saturated carbocycles. The lowest BCUT2D eigenvalue weighted by molar-refractivity contribution is 0.0602. The largest absolute Gasteiger partial charge is 0.465 e. The Labute approximate surface area is 111 Å². The second-order valence-electron chi connectivity index (χ2n) is 3.90. The average molecular weight is 257 g/mol. The summed E-state index contributed by atoms with van der Waals surface area (Å²) in [7, 11) is 1.37. The number of nitrogens with zero attached hydrogens (tertiary/aromatic N) is 2. The highest BCUT2D eigenvalue weighted by Gasteiger charge is 2.10. The fourth-order valence-corrected chi connectivity index (χ4v) is 1.69. The standard InChI is InChI=1S/C14H15N3O2/c1-3-17-10-11(9-16-17)8-15-13-7-5-4-6-12(13)14(18)19-2/h3-7,9-10,15H,1,8H2,2H3. The smallest absolute Gasteiger partial charge is 0.339 e. The van der Waals surface area contributed by atoms with E-state index >= 15 is 0 Å². The van der Waals surface area contributed by atoms with Crippen LogP contribution in [0.5, 0.6) is 0 Å². The number of carbonyl (C=O) groups excluding carboxylic acids is 1. The molecule has 0 aliphatic heterocycles. The molecule has 0 atom stereocenters. The summed E-state index contributed by atoms with van der Waals surface area (Å²) in [5.41, 5.74) is 2.25. The summed E-state index contributed by atoms with van der Waals surface area (Å²) < 4.78 is 6.37. The molecule has 1 aromatic heterocycles. The van der Waals surface area contributed by atoms with E-state index in [1.807, 2.05) is 18.3 Å². The maximum absolute atomic E-state index is 11.6. The van der Waals surface area contributed by atoms with Crippen molar-refractivity contribution in [2.75, 3.05) is 12.4 Å². The van der Waals surface area contributed by atoms with Crippen molar-refractivity contribution in [2.45, 2.75) is 6.54 Å². The normalized spacial score (nSPS) is 9.95. The van der Waals surface area contributed by atoms with Gasteiger partial charge in [0.25, 0.3) is 0 Å². The highest BCUT2D eigenvalue weighted by Crippen LogP contribution is 2.17. The zero-order chi connectivity index (χ0) is 13.7. The molecule has 2 aromatic rings. The first-order valence-electron chi connectivity index (χ1n) is 5.81. The Hall–Kier alpha value is -2.56. The Morgan fingerprint density at radius 1 is 1.53 bits per heavy atom. The first kappa shape index (κ1) is 12.9. The van der Waals surface area contributed by atoms with Crippen LogP contribution in [0.2, 0.25) is 0 Å². The predicted octanol–water partition coefficient (Wildman–Crippen LogP) is 2.38. The molecule has 5 heteroatoms. The zero-order valence-corrected chi connectivity index (χ0v) is 10.7. The summed E-state index contributed by atoms with van der Waals surface area (Å²) in [6.45, 7) is 4.20. The van der Waals surface area contributed by atoms with Gasteiger partial charge in [-0.1, -0.05) is 18.7 Å². The van der Waals surface area contributed by atoms with Crippen LogP contribution in [0.1, 0.15) is 15.9 Å². The number of hydrogen-bond acceptors (Lipinski definition) is 4. The van der Waals surface area contributed by atoms with E-state index in [1.165, 1.54) is 7.11 Å². The summed E-state index contributed by atoms with van der Waals surface area (Å²) in [5, 5.41) is 7.28. The van der Waals surface area contributed by atoms with Crippen molar-refractivity contribution in [1.29, 1.82) is 0 Å². The molecule has 19 heavy (non-hydrogen) atoms. The van der Waals surface area contributed by atoms with Crippen molar-refractivity contribution in [2.24, 2.45) is 0 Å². The van der Waals surface area contributed by atoms with Crippen LogP contribution in [0.3, 0.4) is 0 Å². The molecule has 0 spiro atoms. The third-order valence-electron chi connectivity index (χ3n) is 2.66. The van der Waals surface area contributed by atoms with E-state index in [-0.39, 0.29) is 5.97 Å². The van der Waals surface area contributed by atoms with Gasteiger partial charge >= 0.3 is 5.97 Å². The SMILES string of the molecule is C=Cn1cc(CNc2ccccc2C(=O)OC)cn1. The van der Waals surface area contributed by atoms with Gasteiger partial charge in [0.05, 0.1) is 18.9 Å². The number of methoxy groups -OCH3 is 1. The lowest BCUT2D eigenvalue weighted by Crippen LogP contribution is -2.07. The van der Waals surface area contributed by atoms with Crippen molar-refractivity contribution >= 4 is 17.9 Å². The number of benzene rings is 1.